The first-order valence-corrected chi connectivity index (χ1v) is 8.87. The van der Waals surface area contributed by atoms with Crippen LogP contribution in [-0.4, -0.2) is 16.6 Å². The Labute approximate surface area is 146 Å². The molecule has 3 aromatic rings. The fraction of sp³-hybridized carbons (Fsp3) is 0.125. The molecule has 3 nitrogen and oxygen atoms in total. The summed E-state index contributed by atoms with van der Waals surface area (Å²) in [7, 11) is 0. The molecular formula is C16H14BrN3S2. The van der Waals surface area contributed by atoms with Gasteiger partial charge in [0.1, 0.15) is 0 Å². The van der Waals surface area contributed by atoms with Crippen molar-refractivity contribution in [2.45, 2.75) is 6.42 Å². The zero-order valence-corrected chi connectivity index (χ0v) is 14.9. The molecule has 2 N–H and O–H groups in total. The highest BCUT2D eigenvalue weighted by atomic mass is 79.9. The first-order chi connectivity index (χ1) is 10.7. The van der Waals surface area contributed by atoms with Crippen molar-refractivity contribution in [2.24, 2.45) is 0 Å². The van der Waals surface area contributed by atoms with Gasteiger partial charge in [-0.1, -0.05) is 34.1 Å². The van der Waals surface area contributed by atoms with Crippen LogP contribution in [0.15, 0.2) is 53.0 Å². The van der Waals surface area contributed by atoms with Crippen molar-refractivity contribution in [3.05, 3.63) is 58.0 Å². The van der Waals surface area contributed by atoms with Gasteiger partial charge in [0.05, 0.1) is 15.2 Å². The van der Waals surface area contributed by atoms with Crippen LogP contribution in [0.25, 0.3) is 10.2 Å². The number of aromatic nitrogens is 1. The average Bonchev–Trinajstić information content (AvgIpc) is 2.90. The summed E-state index contributed by atoms with van der Waals surface area (Å²) in [5, 5.41) is 8.13. The Morgan fingerprint density at radius 2 is 2.05 bits per heavy atom. The molecule has 0 aliphatic rings. The number of hydrogen-bond donors (Lipinski definition) is 2. The number of benzene rings is 2. The minimum atomic E-state index is 0.624. The van der Waals surface area contributed by atoms with Gasteiger partial charge in [0, 0.05) is 23.1 Å². The van der Waals surface area contributed by atoms with E-state index in [1.807, 2.05) is 42.5 Å². The molecule has 3 rings (SSSR count). The van der Waals surface area contributed by atoms with Gasteiger partial charge in [0.2, 0.25) is 0 Å². The van der Waals surface area contributed by atoms with E-state index < -0.39 is 0 Å². The lowest BCUT2D eigenvalue weighted by Gasteiger charge is -2.10. The average molecular weight is 392 g/mol. The molecular weight excluding hydrogens is 378 g/mol. The van der Waals surface area contributed by atoms with Crippen molar-refractivity contribution in [2.75, 3.05) is 11.9 Å². The van der Waals surface area contributed by atoms with Crippen LogP contribution in [0.2, 0.25) is 0 Å². The van der Waals surface area contributed by atoms with E-state index in [9.17, 15) is 0 Å². The summed E-state index contributed by atoms with van der Waals surface area (Å²) in [6.45, 7) is 0.764. The van der Waals surface area contributed by atoms with E-state index in [0.29, 0.717) is 5.11 Å². The molecule has 2 aromatic carbocycles. The lowest BCUT2D eigenvalue weighted by molar-refractivity contribution is 0.868. The van der Waals surface area contributed by atoms with Crippen molar-refractivity contribution in [1.29, 1.82) is 0 Å². The minimum absolute atomic E-state index is 0.624. The van der Waals surface area contributed by atoms with Crippen LogP contribution in [0.3, 0.4) is 0 Å². The standard InChI is InChI=1S/C16H14BrN3S2/c17-11-4-3-5-12(10-11)19-16(21)18-9-8-15-20-13-6-1-2-7-14(13)22-15/h1-7,10H,8-9H2,(H2,18,19,21). The predicted molar refractivity (Wildman–Crippen MR) is 102 cm³/mol. The molecule has 0 saturated carbocycles. The third kappa shape index (κ3) is 4.03. The number of hydrogen-bond acceptors (Lipinski definition) is 3. The highest BCUT2D eigenvalue weighted by Gasteiger charge is 2.03. The van der Waals surface area contributed by atoms with Crippen molar-refractivity contribution in [1.82, 2.24) is 10.3 Å². The van der Waals surface area contributed by atoms with Gasteiger partial charge in [0.25, 0.3) is 0 Å². The van der Waals surface area contributed by atoms with E-state index in [-0.39, 0.29) is 0 Å². The molecule has 1 aromatic heterocycles. The van der Waals surface area contributed by atoms with Gasteiger partial charge in [0.15, 0.2) is 5.11 Å². The molecule has 0 amide bonds. The predicted octanol–water partition coefficient (Wildman–Crippen LogP) is 4.59. The summed E-state index contributed by atoms with van der Waals surface area (Å²) >= 11 is 10.5. The lowest BCUT2D eigenvalue weighted by atomic mass is 10.3. The van der Waals surface area contributed by atoms with E-state index >= 15 is 0 Å². The highest BCUT2D eigenvalue weighted by molar-refractivity contribution is 9.10. The van der Waals surface area contributed by atoms with Crippen LogP contribution in [0.5, 0.6) is 0 Å². The molecule has 0 unspecified atom stereocenters. The molecule has 0 aliphatic carbocycles. The SMILES string of the molecule is S=C(NCCc1nc2ccccc2s1)Nc1cccc(Br)c1. The summed E-state index contributed by atoms with van der Waals surface area (Å²) in [5.74, 6) is 0. The van der Waals surface area contributed by atoms with Crippen molar-refractivity contribution in [3.63, 3.8) is 0 Å². The van der Waals surface area contributed by atoms with Gasteiger partial charge in [-0.2, -0.15) is 0 Å². The summed E-state index contributed by atoms with van der Waals surface area (Å²) in [4.78, 5) is 4.61. The third-order valence-electron chi connectivity index (χ3n) is 3.05. The second-order valence-corrected chi connectivity index (χ2v) is 7.16. The van der Waals surface area contributed by atoms with Gasteiger partial charge in [-0.25, -0.2) is 4.98 Å². The van der Waals surface area contributed by atoms with Crippen LogP contribution in [0.1, 0.15) is 5.01 Å². The molecule has 1 heterocycles. The Morgan fingerprint density at radius 3 is 2.86 bits per heavy atom. The Bertz CT molecular complexity index is 768. The van der Waals surface area contributed by atoms with Crippen molar-refractivity contribution in [3.8, 4) is 0 Å². The van der Waals surface area contributed by atoms with Crippen molar-refractivity contribution < 1.29 is 0 Å². The largest absolute Gasteiger partial charge is 0.362 e. The maximum atomic E-state index is 5.30. The molecule has 112 valence electrons. The quantitative estimate of drug-likeness (QED) is 0.637. The number of thiocarbonyl (C=S) groups is 1. The van der Waals surface area contributed by atoms with E-state index in [1.165, 1.54) is 4.70 Å². The van der Waals surface area contributed by atoms with E-state index in [2.05, 4.69) is 37.6 Å². The molecule has 0 atom stereocenters. The van der Waals surface area contributed by atoms with Gasteiger partial charge in [-0.05, 0) is 42.5 Å². The van der Waals surface area contributed by atoms with Crippen LogP contribution >= 0.6 is 39.5 Å². The zero-order valence-electron chi connectivity index (χ0n) is 11.7. The first-order valence-electron chi connectivity index (χ1n) is 6.85. The van der Waals surface area contributed by atoms with Gasteiger partial charge in [-0.3, -0.25) is 0 Å². The molecule has 0 aliphatic heterocycles. The summed E-state index contributed by atoms with van der Waals surface area (Å²) < 4.78 is 2.25. The molecule has 22 heavy (non-hydrogen) atoms. The minimum Gasteiger partial charge on any atom is -0.362 e. The number of thiazole rings is 1. The number of anilines is 1. The number of rotatable bonds is 4. The Hall–Kier alpha value is -1.50. The number of fused-ring (bicyclic) bond motifs is 1. The molecule has 0 spiro atoms. The lowest BCUT2D eigenvalue weighted by Crippen LogP contribution is -2.30. The van der Waals surface area contributed by atoms with Crippen LogP contribution in [0, 0.1) is 0 Å². The van der Waals surface area contributed by atoms with Gasteiger partial charge < -0.3 is 10.6 Å². The topological polar surface area (TPSA) is 37.0 Å². The van der Waals surface area contributed by atoms with Gasteiger partial charge in [-0.15, -0.1) is 11.3 Å². The second-order valence-electron chi connectivity index (χ2n) is 4.72. The summed E-state index contributed by atoms with van der Waals surface area (Å²) in [6.07, 6.45) is 0.861. The Kier molecular flexibility index (Phi) is 5.02. The number of halogens is 1. The maximum absolute atomic E-state index is 5.30. The molecule has 0 saturated heterocycles. The smallest absolute Gasteiger partial charge is 0.170 e. The number of para-hydroxylation sites is 1. The van der Waals surface area contributed by atoms with E-state index in [4.69, 9.17) is 12.2 Å². The number of nitrogens with one attached hydrogen (secondary N) is 2. The fourth-order valence-electron chi connectivity index (χ4n) is 2.05. The maximum Gasteiger partial charge on any atom is 0.170 e. The van der Waals surface area contributed by atoms with Crippen LogP contribution in [-0.2, 0) is 6.42 Å². The zero-order chi connectivity index (χ0) is 15.4. The van der Waals surface area contributed by atoms with Gasteiger partial charge >= 0.3 is 0 Å². The molecule has 6 heteroatoms. The van der Waals surface area contributed by atoms with E-state index in [0.717, 1.165) is 33.7 Å². The fourth-order valence-corrected chi connectivity index (χ4v) is 3.64. The number of nitrogens with zero attached hydrogens (tertiary/aromatic N) is 1. The van der Waals surface area contributed by atoms with Crippen molar-refractivity contribution >= 4 is 60.5 Å². The van der Waals surface area contributed by atoms with Crippen LogP contribution in [0.4, 0.5) is 5.69 Å². The Morgan fingerprint density at radius 1 is 1.18 bits per heavy atom. The van der Waals surface area contributed by atoms with E-state index in [1.54, 1.807) is 11.3 Å². The molecule has 0 radical (unpaired) electrons. The highest BCUT2D eigenvalue weighted by Crippen LogP contribution is 2.21. The van der Waals surface area contributed by atoms with Crippen LogP contribution < -0.4 is 10.6 Å². The monoisotopic (exact) mass is 391 g/mol. The first kappa shape index (κ1) is 15.4. The Balaban J connectivity index is 1.51. The third-order valence-corrected chi connectivity index (χ3v) is 4.88. The molecule has 0 fully saturated rings. The molecule has 0 bridgehead atoms. The second kappa shape index (κ2) is 7.17. The normalized spacial score (nSPS) is 10.6. The summed E-state index contributed by atoms with van der Waals surface area (Å²) in [6, 6.07) is 16.1. The summed E-state index contributed by atoms with van der Waals surface area (Å²) in [5.41, 5.74) is 2.03.